The van der Waals surface area contributed by atoms with Crippen molar-refractivity contribution in [1.82, 2.24) is 30.0 Å². The highest BCUT2D eigenvalue weighted by atomic mass is 16.5. The molecule has 2 aromatic heterocycles. The van der Waals surface area contributed by atoms with E-state index in [-0.39, 0.29) is 5.91 Å². The summed E-state index contributed by atoms with van der Waals surface area (Å²) >= 11 is 0. The standard InChI is InChI=1S/C21H26N6O2/c1-14-5-4-6-16(19(14)29-3)21(28)24-10-12-27-20-18(22-8-9-23-20)17(25-27)15-7-11-26(2)13-15/h4-6,8-9,15H,7,10-13H2,1-3H3,(H,24,28)/t15-/m0/s1. The van der Waals surface area contributed by atoms with Gasteiger partial charge in [0.05, 0.1) is 24.9 Å². The molecule has 8 heteroatoms. The van der Waals surface area contributed by atoms with Crippen molar-refractivity contribution in [2.45, 2.75) is 25.8 Å². The lowest BCUT2D eigenvalue weighted by atomic mass is 10.0. The molecule has 3 heterocycles. The van der Waals surface area contributed by atoms with Crippen LogP contribution in [0, 0.1) is 6.92 Å². The quantitative estimate of drug-likeness (QED) is 0.688. The zero-order valence-corrected chi connectivity index (χ0v) is 17.1. The van der Waals surface area contributed by atoms with Crippen molar-refractivity contribution >= 4 is 17.1 Å². The van der Waals surface area contributed by atoms with Crippen LogP contribution in [-0.2, 0) is 6.54 Å². The second-order valence-corrected chi connectivity index (χ2v) is 7.50. The number of ether oxygens (including phenoxy) is 1. The highest BCUT2D eigenvalue weighted by Crippen LogP contribution is 2.29. The van der Waals surface area contributed by atoms with Gasteiger partial charge in [0.25, 0.3) is 5.91 Å². The predicted molar refractivity (Wildman–Crippen MR) is 110 cm³/mol. The van der Waals surface area contributed by atoms with Gasteiger partial charge in [-0.3, -0.25) is 4.79 Å². The number of likely N-dealkylation sites (tertiary alicyclic amines) is 1. The maximum atomic E-state index is 12.6. The number of methoxy groups -OCH3 is 1. The summed E-state index contributed by atoms with van der Waals surface area (Å²) in [6.07, 6.45) is 4.46. The molecule has 0 saturated carbocycles. The molecule has 152 valence electrons. The number of aromatic nitrogens is 4. The third-order valence-electron chi connectivity index (χ3n) is 5.44. The first kappa shape index (κ1) is 19.3. The molecule has 1 N–H and O–H groups in total. The van der Waals surface area contributed by atoms with Gasteiger partial charge in [0.1, 0.15) is 11.3 Å². The molecule has 0 bridgehead atoms. The van der Waals surface area contributed by atoms with Gasteiger partial charge in [-0.05, 0) is 38.6 Å². The van der Waals surface area contributed by atoms with Gasteiger partial charge >= 0.3 is 0 Å². The van der Waals surface area contributed by atoms with E-state index in [2.05, 4.69) is 27.2 Å². The number of likely N-dealkylation sites (N-methyl/N-ethyl adjacent to an activating group) is 1. The van der Waals surface area contributed by atoms with Crippen LogP contribution in [0.1, 0.15) is 34.0 Å². The largest absolute Gasteiger partial charge is 0.496 e. The van der Waals surface area contributed by atoms with E-state index in [1.54, 1.807) is 25.6 Å². The fraction of sp³-hybridized carbons (Fsp3) is 0.429. The summed E-state index contributed by atoms with van der Waals surface area (Å²) in [6.45, 7) is 4.93. The fourth-order valence-electron chi connectivity index (χ4n) is 3.99. The molecule has 0 unspecified atom stereocenters. The van der Waals surface area contributed by atoms with E-state index in [0.29, 0.717) is 30.3 Å². The smallest absolute Gasteiger partial charge is 0.255 e. The van der Waals surface area contributed by atoms with Gasteiger partial charge in [-0.25, -0.2) is 14.6 Å². The average Bonchev–Trinajstić information content (AvgIpc) is 3.31. The molecule has 0 spiro atoms. The maximum absolute atomic E-state index is 12.6. The number of hydrogen-bond acceptors (Lipinski definition) is 6. The van der Waals surface area contributed by atoms with E-state index < -0.39 is 0 Å². The van der Waals surface area contributed by atoms with E-state index in [0.717, 1.165) is 41.9 Å². The first-order chi connectivity index (χ1) is 14.1. The Kier molecular flexibility index (Phi) is 5.44. The summed E-state index contributed by atoms with van der Waals surface area (Å²) in [4.78, 5) is 23.9. The minimum atomic E-state index is -0.161. The first-order valence-electron chi connectivity index (χ1n) is 9.86. The number of aryl methyl sites for hydroxylation is 1. The Hall–Kier alpha value is -3.00. The molecule has 1 amide bonds. The summed E-state index contributed by atoms with van der Waals surface area (Å²) in [6, 6.07) is 5.55. The van der Waals surface area contributed by atoms with Crippen molar-refractivity contribution in [2.24, 2.45) is 0 Å². The minimum Gasteiger partial charge on any atom is -0.496 e. The van der Waals surface area contributed by atoms with Crippen LogP contribution in [0.25, 0.3) is 11.2 Å². The van der Waals surface area contributed by atoms with Gasteiger partial charge in [0, 0.05) is 31.4 Å². The zero-order valence-electron chi connectivity index (χ0n) is 17.1. The number of carbonyl (C=O) groups is 1. The number of para-hydroxylation sites is 1. The molecule has 1 aliphatic heterocycles. The number of hydrogen-bond donors (Lipinski definition) is 1. The summed E-state index contributed by atoms with van der Waals surface area (Å²) in [5.74, 6) is 0.811. The predicted octanol–water partition coefficient (Wildman–Crippen LogP) is 1.99. The molecule has 8 nitrogen and oxygen atoms in total. The third-order valence-corrected chi connectivity index (χ3v) is 5.44. The fourth-order valence-corrected chi connectivity index (χ4v) is 3.99. The van der Waals surface area contributed by atoms with Crippen LogP contribution < -0.4 is 10.1 Å². The Balaban J connectivity index is 1.49. The molecule has 1 atom stereocenters. The molecule has 29 heavy (non-hydrogen) atoms. The van der Waals surface area contributed by atoms with Gasteiger partial charge < -0.3 is 15.0 Å². The highest BCUT2D eigenvalue weighted by Gasteiger charge is 2.27. The Labute approximate surface area is 169 Å². The second-order valence-electron chi connectivity index (χ2n) is 7.50. The monoisotopic (exact) mass is 394 g/mol. The lowest BCUT2D eigenvalue weighted by molar-refractivity contribution is 0.0949. The lowest BCUT2D eigenvalue weighted by Gasteiger charge is -2.11. The lowest BCUT2D eigenvalue weighted by Crippen LogP contribution is -2.28. The van der Waals surface area contributed by atoms with Crippen molar-refractivity contribution in [3.8, 4) is 5.75 Å². The molecule has 1 fully saturated rings. The van der Waals surface area contributed by atoms with Crippen LogP contribution >= 0.6 is 0 Å². The van der Waals surface area contributed by atoms with Gasteiger partial charge in [0.15, 0.2) is 5.65 Å². The van der Waals surface area contributed by atoms with E-state index >= 15 is 0 Å². The Morgan fingerprint density at radius 1 is 1.31 bits per heavy atom. The Morgan fingerprint density at radius 3 is 2.90 bits per heavy atom. The van der Waals surface area contributed by atoms with Crippen LogP contribution in [0.5, 0.6) is 5.75 Å². The zero-order chi connectivity index (χ0) is 20.4. The topological polar surface area (TPSA) is 85.2 Å². The molecule has 3 aromatic rings. The van der Waals surface area contributed by atoms with Crippen molar-refractivity contribution < 1.29 is 9.53 Å². The van der Waals surface area contributed by atoms with Gasteiger partial charge in [0.2, 0.25) is 0 Å². The number of nitrogens with zero attached hydrogens (tertiary/aromatic N) is 5. The SMILES string of the molecule is COc1c(C)cccc1C(=O)NCCn1nc([C@H]2CCN(C)C2)c2nccnc21. The van der Waals surface area contributed by atoms with Crippen molar-refractivity contribution in [3.05, 3.63) is 47.4 Å². The number of amides is 1. The van der Waals surface area contributed by atoms with E-state index in [1.807, 2.05) is 23.7 Å². The normalized spacial score (nSPS) is 17.0. The molecule has 1 saturated heterocycles. The molecule has 0 radical (unpaired) electrons. The molecule has 0 aliphatic carbocycles. The van der Waals surface area contributed by atoms with Crippen LogP contribution in [-0.4, -0.2) is 64.3 Å². The Morgan fingerprint density at radius 2 is 2.14 bits per heavy atom. The highest BCUT2D eigenvalue weighted by molar-refractivity contribution is 5.97. The minimum absolute atomic E-state index is 0.161. The molecular weight excluding hydrogens is 368 g/mol. The second kappa shape index (κ2) is 8.16. The average molecular weight is 394 g/mol. The molecule has 1 aliphatic rings. The molecular formula is C21H26N6O2. The summed E-state index contributed by atoms with van der Waals surface area (Å²) in [5.41, 5.74) is 4.09. The van der Waals surface area contributed by atoms with Crippen LogP contribution in [0.4, 0.5) is 0 Å². The maximum Gasteiger partial charge on any atom is 0.255 e. The first-order valence-corrected chi connectivity index (χ1v) is 9.86. The summed E-state index contributed by atoms with van der Waals surface area (Å²) < 4.78 is 7.24. The van der Waals surface area contributed by atoms with Gasteiger partial charge in [-0.1, -0.05) is 12.1 Å². The number of benzene rings is 1. The van der Waals surface area contributed by atoms with Crippen molar-refractivity contribution in [1.29, 1.82) is 0 Å². The molecule has 4 rings (SSSR count). The van der Waals surface area contributed by atoms with Crippen LogP contribution in [0.15, 0.2) is 30.6 Å². The number of fused-ring (bicyclic) bond motifs is 1. The van der Waals surface area contributed by atoms with Crippen molar-refractivity contribution in [2.75, 3.05) is 33.8 Å². The van der Waals surface area contributed by atoms with E-state index in [1.165, 1.54) is 0 Å². The number of rotatable bonds is 6. The van der Waals surface area contributed by atoms with E-state index in [9.17, 15) is 4.79 Å². The summed E-state index contributed by atoms with van der Waals surface area (Å²) in [5, 5.41) is 7.78. The Bertz CT molecular complexity index is 1030. The van der Waals surface area contributed by atoms with Crippen molar-refractivity contribution in [3.63, 3.8) is 0 Å². The van der Waals surface area contributed by atoms with Crippen LogP contribution in [0.3, 0.4) is 0 Å². The third kappa shape index (κ3) is 3.80. The van der Waals surface area contributed by atoms with Gasteiger partial charge in [-0.2, -0.15) is 5.10 Å². The summed E-state index contributed by atoms with van der Waals surface area (Å²) in [7, 11) is 3.70. The number of carbonyl (C=O) groups excluding carboxylic acids is 1. The number of nitrogens with one attached hydrogen (secondary N) is 1. The van der Waals surface area contributed by atoms with Gasteiger partial charge in [-0.15, -0.1) is 0 Å². The van der Waals surface area contributed by atoms with E-state index in [4.69, 9.17) is 9.84 Å². The molecule has 1 aromatic carbocycles. The van der Waals surface area contributed by atoms with Crippen LogP contribution in [0.2, 0.25) is 0 Å².